The third kappa shape index (κ3) is 3.57. The van der Waals surface area contributed by atoms with Crippen LogP contribution in [0.5, 0.6) is 0 Å². The fourth-order valence-electron chi connectivity index (χ4n) is 2.75. The third-order valence-electron chi connectivity index (χ3n) is 3.90. The summed E-state index contributed by atoms with van der Waals surface area (Å²) in [5.41, 5.74) is 2.34. The van der Waals surface area contributed by atoms with E-state index in [1.54, 1.807) is 0 Å². The first kappa shape index (κ1) is 14.5. The van der Waals surface area contributed by atoms with Gasteiger partial charge in [0.2, 0.25) is 0 Å². The number of hydrazine groups is 1. The van der Waals surface area contributed by atoms with Gasteiger partial charge < -0.3 is 10.7 Å². The number of nitrogen functional groups attached to an aromatic ring is 1. The topological polar surface area (TPSA) is 106 Å². The van der Waals surface area contributed by atoms with Crippen LogP contribution < -0.4 is 16.6 Å². The van der Waals surface area contributed by atoms with E-state index >= 15 is 0 Å². The summed E-state index contributed by atoms with van der Waals surface area (Å²) >= 11 is 0. The van der Waals surface area contributed by atoms with Crippen LogP contribution in [-0.2, 0) is 0 Å². The second-order valence-corrected chi connectivity index (χ2v) is 5.33. The normalized spacial score (nSPS) is 17.5. The maximum Gasteiger partial charge on any atom is 0.276 e. The molecule has 7 heteroatoms. The molecule has 7 nitrogen and oxygen atoms in total. The molecule has 1 aromatic heterocycles. The van der Waals surface area contributed by atoms with Crippen molar-refractivity contribution in [1.29, 1.82) is 0 Å². The molecule has 1 atom stereocenters. The van der Waals surface area contributed by atoms with Crippen LogP contribution in [0.25, 0.3) is 0 Å². The molecular formula is C13H21N5O2. The largest absolute Gasteiger partial charge is 0.367 e. The van der Waals surface area contributed by atoms with Crippen LogP contribution in [0.4, 0.5) is 17.3 Å². The number of hydrogen-bond acceptors (Lipinski definition) is 6. The molecule has 1 unspecified atom stereocenters. The minimum atomic E-state index is -0.445. The summed E-state index contributed by atoms with van der Waals surface area (Å²) in [6, 6.07) is 3.01. The standard InChI is InChI=1S/C13H21N5O2/c1-9(10-5-3-2-4-6-10)15-12-7-11(18(19)20)8-13(16-12)17-14/h7-10H,2-6,14H2,1H3,(H2,15,16,17). The molecule has 1 aromatic rings. The Morgan fingerprint density at radius 2 is 2.00 bits per heavy atom. The minimum Gasteiger partial charge on any atom is -0.367 e. The van der Waals surface area contributed by atoms with Crippen molar-refractivity contribution in [2.75, 3.05) is 10.7 Å². The van der Waals surface area contributed by atoms with E-state index in [4.69, 9.17) is 5.84 Å². The minimum absolute atomic E-state index is 0.0219. The number of nitrogens with two attached hydrogens (primary N) is 1. The van der Waals surface area contributed by atoms with Crippen molar-refractivity contribution < 1.29 is 4.92 Å². The van der Waals surface area contributed by atoms with Crippen LogP contribution in [0.2, 0.25) is 0 Å². The molecule has 1 aliphatic rings. The van der Waals surface area contributed by atoms with Crippen LogP contribution in [0, 0.1) is 16.0 Å². The van der Waals surface area contributed by atoms with Gasteiger partial charge in [0.1, 0.15) is 11.6 Å². The Labute approximate surface area is 118 Å². The lowest BCUT2D eigenvalue weighted by Gasteiger charge is -2.28. The first-order valence-corrected chi connectivity index (χ1v) is 7.00. The highest BCUT2D eigenvalue weighted by atomic mass is 16.6. The third-order valence-corrected chi connectivity index (χ3v) is 3.90. The van der Waals surface area contributed by atoms with Crippen molar-refractivity contribution in [1.82, 2.24) is 4.98 Å². The number of pyridine rings is 1. The Kier molecular flexibility index (Phi) is 4.73. The van der Waals surface area contributed by atoms with Gasteiger partial charge in [0.05, 0.1) is 17.1 Å². The number of anilines is 2. The van der Waals surface area contributed by atoms with Crippen LogP contribution in [0.3, 0.4) is 0 Å². The number of nitro groups is 1. The summed E-state index contributed by atoms with van der Waals surface area (Å²) in [5, 5.41) is 14.2. The van der Waals surface area contributed by atoms with Crippen molar-refractivity contribution in [2.45, 2.75) is 45.1 Å². The van der Waals surface area contributed by atoms with E-state index in [0.717, 1.165) is 0 Å². The van der Waals surface area contributed by atoms with Gasteiger partial charge in [0.25, 0.3) is 5.69 Å². The molecule has 1 heterocycles. The molecule has 20 heavy (non-hydrogen) atoms. The zero-order valence-corrected chi connectivity index (χ0v) is 11.6. The predicted molar refractivity (Wildman–Crippen MR) is 78.4 cm³/mol. The Morgan fingerprint density at radius 1 is 1.35 bits per heavy atom. The van der Waals surface area contributed by atoms with Gasteiger partial charge in [-0.3, -0.25) is 10.1 Å². The Morgan fingerprint density at radius 3 is 2.60 bits per heavy atom. The van der Waals surface area contributed by atoms with Gasteiger partial charge in [-0.05, 0) is 25.7 Å². The number of nitrogens with zero attached hydrogens (tertiary/aromatic N) is 2. The fraction of sp³-hybridized carbons (Fsp3) is 0.615. The molecule has 4 N–H and O–H groups in total. The highest BCUT2D eigenvalue weighted by Gasteiger charge is 2.21. The van der Waals surface area contributed by atoms with Gasteiger partial charge in [-0.25, -0.2) is 10.8 Å². The lowest BCUT2D eigenvalue weighted by atomic mass is 9.84. The van der Waals surface area contributed by atoms with E-state index in [2.05, 4.69) is 22.7 Å². The molecule has 0 saturated heterocycles. The Hall–Kier alpha value is -1.89. The molecule has 0 aliphatic heterocycles. The maximum absolute atomic E-state index is 10.9. The van der Waals surface area contributed by atoms with Crippen LogP contribution in [0.15, 0.2) is 12.1 Å². The van der Waals surface area contributed by atoms with Crippen molar-refractivity contribution >= 4 is 17.3 Å². The van der Waals surface area contributed by atoms with Crippen molar-refractivity contribution in [2.24, 2.45) is 11.8 Å². The molecule has 0 radical (unpaired) electrons. The van der Waals surface area contributed by atoms with Crippen LogP contribution in [0.1, 0.15) is 39.0 Å². The van der Waals surface area contributed by atoms with Crippen LogP contribution >= 0.6 is 0 Å². The summed E-state index contributed by atoms with van der Waals surface area (Å²) in [5.74, 6) is 6.68. The zero-order valence-electron chi connectivity index (χ0n) is 11.6. The van der Waals surface area contributed by atoms with Gasteiger partial charge in [-0.2, -0.15) is 0 Å². The average Bonchev–Trinajstić information content (AvgIpc) is 2.47. The summed E-state index contributed by atoms with van der Waals surface area (Å²) in [4.78, 5) is 14.7. The molecule has 0 spiro atoms. The van der Waals surface area contributed by atoms with Gasteiger partial charge in [-0.15, -0.1) is 0 Å². The first-order chi connectivity index (χ1) is 9.60. The van der Waals surface area contributed by atoms with Crippen molar-refractivity contribution in [3.05, 3.63) is 22.2 Å². The molecule has 0 bridgehead atoms. The summed E-state index contributed by atoms with van der Waals surface area (Å²) < 4.78 is 0. The van der Waals surface area contributed by atoms with Gasteiger partial charge in [0.15, 0.2) is 0 Å². The SMILES string of the molecule is CC(Nc1cc([N+](=O)[O-])cc(NN)n1)C1CCCCC1. The van der Waals surface area contributed by atoms with E-state index < -0.39 is 4.92 Å². The molecule has 0 amide bonds. The molecule has 1 fully saturated rings. The lowest BCUT2D eigenvalue weighted by Crippen LogP contribution is -2.28. The summed E-state index contributed by atoms with van der Waals surface area (Å²) in [6.07, 6.45) is 6.22. The molecule has 1 saturated carbocycles. The zero-order chi connectivity index (χ0) is 14.5. The Balaban J connectivity index is 2.11. The second-order valence-electron chi connectivity index (χ2n) is 5.33. The van der Waals surface area contributed by atoms with Crippen molar-refractivity contribution in [3.8, 4) is 0 Å². The number of nitrogens with one attached hydrogen (secondary N) is 2. The Bertz CT molecular complexity index is 474. The van der Waals surface area contributed by atoms with Gasteiger partial charge in [-0.1, -0.05) is 19.3 Å². The first-order valence-electron chi connectivity index (χ1n) is 7.00. The maximum atomic E-state index is 10.9. The summed E-state index contributed by atoms with van der Waals surface area (Å²) in [7, 11) is 0. The van der Waals surface area contributed by atoms with E-state index in [9.17, 15) is 10.1 Å². The molecule has 2 rings (SSSR count). The van der Waals surface area contributed by atoms with E-state index in [0.29, 0.717) is 11.7 Å². The van der Waals surface area contributed by atoms with Crippen molar-refractivity contribution in [3.63, 3.8) is 0 Å². The van der Waals surface area contributed by atoms with Gasteiger partial charge >= 0.3 is 0 Å². The highest BCUT2D eigenvalue weighted by molar-refractivity contribution is 5.54. The molecular weight excluding hydrogens is 258 g/mol. The number of aromatic nitrogens is 1. The molecule has 0 aromatic carbocycles. The van der Waals surface area contributed by atoms with Crippen LogP contribution in [-0.4, -0.2) is 15.9 Å². The lowest BCUT2D eigenvalue weighted by molar-refractivity contribution is -0.384. The fourth-order valence-corrected chi connectivity index (χ4v) is 2.75. The number of rotatable bonds is 5. The van der Waals surface area contributed by atoms with E-state index in [1.165, 1.54) is 44.2 Å². The second kappa shape index (κ2) is 6.51. The predicted octanol–water partition coefficient (Wildman–Crippen LogP) is 2.66. The quantitative estimate of drug-likeness (QED) is 0.434. The van der Waals surface area contributed by atoms with E-state index in [1.807, 2.05) is 0 Å². The smallest absolute Gasteiger partial charge is 0.276 e. The van der Waals surface area contributed by atoms with E-state index in [-0.39, 0.29) is 17.5 Å². The average molecular weight is 279 g/mol. The summed E-state index contributed by atoms with van der Waals surface area (Å²) in [6.45, 7) is 2.10. The molecule has 110 valence electrons. The monoisotopic (exact) mass is 279 g/mol. The molecule has 1 aliphatic carbocycles. The number of hydrogen-bond donors (Lipinski definition) is 3. The highest BCUT2D eigenvalue weighted by Crippen LogP contribution is 2.28. The van der Waals surface area contributed by atoms with Gasteiger partial charge in [0, 0.05) is 6.04 Å².